The van der Waals surface area contributed by atoms with Gasteiger partial charge >= 0.3 is 5.97 Å². The third-order valence-electron chi connectivity index (χ3n) is 3.27. The first kappa shape index (κ1) is 14.1. The van der Waals surface area contributed by atoms with Gasteiger partial charge in [0, 0.05) is 12.6 Å². The minimum Gasteiger partial charge on any atom is -0.478 e. The number of aromatic nitrogens is 2. The number of benzene rings is 1. The van der Waals surface area contributed by atoms with E-state index in [9.17, 15) is 9.59 Å². The maximum atomic E-state index is 11.9. The lowest BCUT2D eigenvalue weighted by molar-refractivity contribution is -0.147. The molecule has 1 aliphatic heterocycles. The summed E-state index contributed by atoms with van der Waals surface area (Å²) < 4.78 is 10.7. The van der Waals surface area contributed by atoms with Crippen LogP contribution in [0.3, 0.4) is 0 Å². The van der Waals surface area contributed by atoms with Crippen molar-refractivity contribution in [3.63, 3.8) is 0 Å². The minimum atomic E-state index is -0.865. The molecule has 0 radical (unpaired) electrons. The van der Waals surface area contributed by atoms with Crippen LogP contribution in [-0.4, -0.2) is 34.8 Å². The Bertz CT molecular complexity index is 669. The van der Waals surface area contributed by atoms with Crippen LogP contribution < -0.4 is 10.1 Å². The Morgan fingerprint density at radius 1 is 1.36 bits per heavy atom. The third-order valence-corrected chi connectivity index (χ3v) is 3.27. The minimum absolute atomic E-state index is 0.119. The van der Waals surface area contributed by atoms with Crippen LogP contribution in [-0.2, 0) is 20.7 Å². The Morgan fingerprint density at radius 2 is 2.23 bits per heavy atom. The average molecular weight is 301 g/mol. The number of nitrogens with zero attached hydrogens (tertiary/aromatic N) is 1. The number of ether oxygens (including phenoxy) is 2. The van der Waals surface area contributed by atoms with E-state index >= 15 is 0 Å². The Hall–Kier alpha value is -2.83. The number of carbonyl (C=O) groups excluding carboxylic acids is 2. The van der Waals surface area contributed by atoms with Gasteiger partial charge in [-0.25, -0.2) is 0 Å². The molecule has 1 amide bonds. The van der Waals surface area contributed by atoms with Crippen molar-refractivity contribution in [3.05, 3.63) is 42.2 Å². The standard InChI is InChI=1S/C15H15N3O4/c19-14(21-6-5-10-8-16-17-9-10)7-13-15(20)18-11-3-1-2-4-12(11)22-13/h1-4,8-9,13H,5-7H2,(H,16,17)(H,18,20). The molecule has 2 aromatic rings. The molecule has 0 saturated heterocycles. The number of H-pyrrole nitrogens is 1. The van der Waals surface area contributed by atoms with E-state index in [1.165, 1.54) is 0 Å². The van der Waals surface area contributed by atoms with Crippen molar-refractivity contribution in [2.45, 2.75) is 18.9 Å². The van der Waals surface area contributed by atoms with Gasteiger partial charge in [-0.1, -0.05) is 12.1 Å². The molecule has 3 rings (SSSR count). The Morgan fingerprint density at radius 3 is 3.05 bits per heavy atom. The number of aromatic amines is 1. The first-order chi connectivity index (χ1) is 10.7. The molecule has 1 atom stereocenters. The van der Waals surface area contributed by atoms with Gasteiger partial charge in [0.1, 0.15) is 5.75 Å². The zero-order valence-electron chi connectivity index (χ0n) is 11.7. The smallest absolute Gasteiger partial charge is 0.310 e. The number of hydrogen-bond acceptors (Lipinski definition) is 5. The summed E-state index contributed by atoms with van der Waals surface area (Å²) in [6, 6.07) is 7.09. The van der Waals surface area contributed by atoms with E-state index < -0.39 is 12.1 Å². The fourth-order valence-electron chi connectivity index (χ4n) is 2.13. The molecule has 114 valence electrons. The number of anilines is 1. The maximum Gasteiger partial charge on any atom is 0.310 e. The summed E-state index contributed by atoms with van der Waals surface area (Å²) in [4.78, 5) is 23.7. The number of rotatable bonds is 5. The number of amides is 1. The predicted molar refractivity (Wildman–Crippen MR) is 77.4 cm³/mol. The molecule has 0 bridgehead atoms. The molecule has 1 aliphatic rings. The Labute approximate surface area is 126 Å². The van der Waals surface area contributed by atoms with Crippen molar-refractivity contribution in [3.8, 4) is 5.75 Å². The lowest BCUT2D eigenvalue weighted by Crippen LogP contribution is -2.38. The molecule has 1 unspecified atom stereocenters. The Kier molecular flexibility index (Phi) is 4.04. The van der Waals surface area contributed by atoms with E-state index in [1.807, 2.05) is 0 Å². The zero-order chi connectivity index (χ0) is 15.4. The highest BCUT2D eigenvalue weighted by molar-refractivity contribution is 5.99. The highest BCUT2D eigenvalue weighted by Gasteiger charge is 2.30. The van der Waals surface area contributed by atoms with Gasteiger partial charge in [0.25, 0.3) is 5.91 Å². The first-order valence-electron chi connectivity index (χ1n) is 6.92. The van der Waals surface area contributed by atoms with Crippen molar-refractivity contribution in [1.82, 2.24) is 10.2 Å². The number of esters is 1. The molecule has 0 fully saturated rings. The lowest BCUT2D eigenvalue weighted by Gasteiger charge is -2.25. The number of hydrogen-bond donors (Lipinski definition) is 2. The van der Waals surface area contributed by atoms with Crippen LogP contribution in [0.2, 0.25) is 0 Å². The molecule has 22 heavy (non-hydrogen) atoms. The van der Waals surface area contributed by atoms with Crippen molar-refractivity contribution in [1.29, 1.82) is 0 Å². The second-order valence-corrected chi connectivity index (χ2v) is 4.87. The van der Waals surface area contributed by atoms with Crippen LogP contribution in [0.1, 0.15) is 12.0 Å². The molecule has 2 N–H and O–H groups in total. The van der Waals surface area contributed by atoms with Crippen LogP contribution in [0, 0.1) is 0 Å². The van der Waals surface area contributed by atoms with Crippen molar-refractivity contribution in [2.24, 2.45) is 0 Å². The normalized spacial score (nSPS) is 16.4. The lowest BCUT2D eigenvalue weighted by atomic mass is 10.1. The number of nitrogens with one attached hydrogen (secondary N) is 2. The van der Waals surface area contributed by atoms with Crippen LogP contribution in [0.25, 0.3) is 0 Å². The van der Waals surface area contributed by atoms with Crippen LogP contribution in [0.15, 0.2) is 36.7 Å². The van der Waals surface area contributed by atoms with E-state index in [2.05, 4.69) is 15.5 Å². The SMILES string of the molecule is O=C(CC1Oc2ccccc2NC1=O)OCCc1cn[nH]c1. The summed E-state index contributed by atoms with van der Waals surface area (Å²) in [6.07, 6.45) is 3.00. The Balaban J connectivity index is 1.50. The second-order valence-electron chi connectivity index (χ2n) is 4.87. The van der Waals surface area contributed by atoms with Gasteiger partial charge in [-0.3, -0.25) is 14.7 Å². The second kappa shape index (κ2) is 6.30. The first-order valence-corrected chi connectivity index (χ1v) is 6.92. The fourth-order valence-corrected chi connectivity index (χ4v) is 2.13. The van der Waals surface area contributed by atoms with Crippen molar-refractivity contribution in [2.75, 3.05) is 11.9 Å². The van der Waals surface area contributed by atoms with E-state index in [0.717, 1.165) is 5.56 Å². The number of fused-ring (bicyclic) bond motifs is 1. The van der Waals surface area contributed by atoms with Gasteiger partial charge in [-0.15, -0.1) is 0 Å². The fraction of sp³-hybridized carbons (Fsp3) is 0.267. The monoisotopic (exact) mass is 301 g/mol. The van der Waals surface area contributed by atoms with Crippen molar-refractivity contribution < 1.29 is 19.1 Å². The van der Waals surface area contributed by atoms with E-state index in [1.54, 1.807) is 36.7 Å². The van der Waals surface area contributed by atoms with E-state index in [-0.39, 0.29) is 18.9 Å². The summed E-state index contributed by atoms with van der Waals surface area (Å²) in [5, 5.41) is 9.20. The molecular formula is C15H15N3O4. The largest absolute Gasteiger partial charge is 0.478 e. The average Bonchev–Trinajstić information content (AvgIpc) is 3.01. The topological polar surface area (TPSA) is 93.3 Å². The quantitative estimate of drug-likeness (QED) is 0.812. The summed E-state index contributed by atoms with van der Waals surface area (Å²) in [5.41, 5.74) is 1.56. The van der Waals surface area contributed by atoms with Gasteiger partial charge < -0.3 is 14.8 Å². The van der Waals surface area contributed by atoms with Gasteiger partial charge in [0.05, 0.1) is 24.9 Å². The molecule has 2 heterocycles. The molecule has 0 aliphatic carbocycles. The summed E-state index contributed by atoms with van der Waals surface area (Å²) >= 11 is 0. The van der Waals surface area contributed by atoms with Crippen molar-refractivity contribution >= 4 is 17.6 Å². The maximum absolute atomic E-state index is 11.9. The summed E-state index contributed by atoms with van der Waals surface area (Å²) in [5.74, 6) is -0.258. The zero-order valence-corrected chi connectivity index (χ0v) is 11.7. The van der Waals surface area contributed by atoms with E-state index in [0.29, 0.717) is 17.9 Å². The molecule has 0 saturated carbocycles. The summed E-state index contributed by atoms with van der Waals surface area (Å²) in [6.45, 7) is 0.239. The van der Waals surface area contributed by atoms with Gasteiger partial charge in [0.15, 0.2) is 6.10 Å². The highest BCUT2D eigenvalue weighted by Crippen LogP contribution is 2.29. The van der Waals surface area contributed by atoms with Gasteiger partial charge in [0.2, 0.25) is 0 Å². The summed E-state index contributed by atoms with van der Waals surface area (Å²) in [7, 11) is 0. The molecule has 7 nitrogen and oxygen atoms in total. The van der Waals surface area contributed by atoms with Crippen LogP contribution >= 0.6 is 0 Å². The van der Waals surface area contributed by atoms with E-state index in [4.69, 9.17) is 9.47 Å². The van der Waals surface area contributed by atoms with Crippen LogP contribution in [0.5, 0.6) is 5.75 Å². The molecule has 0 spiro atoms. The number of carbonyl (C=O) groups is 2. The molecular weight excluding hydrogens is 286 g/mol. The molecule has 7 heteroatoms. The predicted octanol–water partition coefficient (Wildman–Crippen LogP) is 1.29. The van der Waals surface area contributed by atoms with Gasteiger partial charge in [-0.2, -0.15) is 5.10 Å². The highest BCUT2D eigenvalue weighted by atomic mass is 16.5. The van der Waals surface area contributed by atoms with Crippen LogP contribution in [0.4, 0.5) is 5.69 Å². The molecule has 1 aromatic carbocycles. The molecule has 1 aromatic heterocycles. The third kappa shape index (κ3) is 3.25. The van der Waals surface area contributed by atoms with Gasteiger partial charge in [-0.05, 0) is 17.7 Å². The number of para-hydroxylation sites is 2.